The van der Waals surface area contributed by atoms with Gasteiger partial charge in [-0.2, -0.15) is 4.31 Å². The Hall–Kier alpha value is -1.98. The van der Waals surface area contributed by atoms with Crippen molar-refractivity contribution in [1.29, 1.82) is 0 Å². The molecule has 0 saturated carbocycles. The molecule has 10 nitrogen and oxygen atoms in total. The number of aromatic nitrogens is 2. The zero-order valence-electron chi connectivity index (χ0n) is 14.3. The molecule has 2 fully saturated rings. The lowest BCUT2D eigenvalue weighted by Crippen LogP contribution is -2.61. The Kier molecular flexibility index (Phi) is 5.06. The molecule has 11 heteroatoms. The van der Waals surface area contributed by atoms with Gasteiger partial charge in [-0.05, 0) is 0 Å². The van der Waals surface area contributed by atoms with Gasteiger partial charge in [0.25, 0.3) is 0 Å². The number of ether oxygens (including phenoxy) is 1. The molecule has 1 aromatic rings. The summed E-state index contributed by atoms with van der Waals surface area (Å²) < 4.78 is 31.6. The molecule has 0 bridgehead atoms. The van der Waals surface area contributed by atoms with Crippen molar-refractivity contribution in [3.05, 3.63) is 12.4 Å². The molecule has 2 aliphatic heterocycles. The Balaban J connectivity index is 1.52. The molecule has 0 aromatic carbocycles. The van der Waals surface area contributed by atoms with E-state index in [-0.39, 0.29) is 19.1 Å². The number of likely N-dealkylation sites (tertiary alicyclic amines) is 1. The first-order chi connectivity index (χ1) is 11.9. The Morgan fingerprint density at radius 1 is 1.24 bits per heavy atom. The van der Waals surface area contributed by atoms with Gasteiger partial charge < -0.3 is 19.9 Å². The number of nitrogens with zero attached hydrogens (tertiary/aromatic N) is 5. The average molecular weight is 370 g/mol. The van der Waals surface area contributed by atoms with E-state index in [9.17, 15) is 13.2 Å². The fraction of sp³-hybridized carbons (Fsp3) is 0.643. The smallest absolute Gasteiger partial charge is 0.322 e. The van der Waals surface area contributed by atoms with E-state index in [1.54, 1.807) is 4.90 Å². The Morgan fingerprint density at radius 3 is 2.40 bits per heavy atom. The second kappa shape index (κ2) is 7.10. The number of rotatable bonds is 4. The van der Waals surface area contributed by atoms with Crippen LogP contribution in [-0.2, 0) is 14.8 Å². The molecule has 138 valence electrons. The quantitative estimate of drug-likeness (QED) is 0.755. The van der Waals surface area contributed by atoms with Crippen molar-refractivity contribution in [2.45, 2.75) is 5.25 Å². The van der Waals surface area contributed by atoms with Crippen LogP contribution in [0.25, 0.3) is 0 Å². The summed E-state index contributed by atoms with van der Waals surface area (Å²) in [7, 11) is 0.266. The number of anilines is 2. The van der Waals surface area contributed by atoms with Gasteiger partial charge in [-0.1, -0.05) is 0 Å². The molecule has 2 saturated heterocycles. The largest absolute Gasteiger partial charge is 0.379 e. The Bertz CT molecular complexity index is 711. The highest BCUT2D eigenvalue weighted by Gasteiger charge is 2.43. The summed E-state index contributed by atoms with van der Waals surface area (Å²) in [5, 5.41) is 2.12. The topological polar surface area (TPSA) is 108 Å². The predicted octanol–water partition coefficient (Wildman–Crippen LogP) is -0.579. The molecule has 1 aromatic heterocycles. The van der Waals surface area contributed by atoms with Crippen molar-refractivity contribution in [3.8, 4) is 0 Å². The van der Waals surface area contributed by atoms with E-state index >= 15 is 0 Å². The molecule has 3 heterocycles. The highest BCUT2D eigenvalue weighted by molar-refractivity contribution is 7.89. The van der Waals surface area contributed by atoms with Gasteiger partial charge >= 0.3 is 6.03 Å². The lowest BCUT2D eigenvalue weighted by atomic mass is 10.2. The molecule has 3 rings (SSSR count). The van der Waals surface area contributed by atoms with Crippen LogP contribution in [-0.4, -0.2) is 92.4 Å². The summed E-state index contributed by atoms with van der Waals surface area (Å²) in [5.41, 5.74) is 0.468. The normalized spacial score (nSPS) is 19.4. The number of carbonyl (C=O) groups is 1. The van der Waals surface area contributed by atoms with Gasteiger partial charge in [0.2, 0.25) is 16.0 Å². The number of morpholine rings is 1. The third-order valence-electron chi connectivity index (χ3n) is 4.18. The Morgan fingerprint density at radius 2 is 1.84 bits per heavy atom. The van der Waals surface area contributed by atoms with Gasteiger partial charge in [0.1, 0.15) is 5.25 Å². The van der Waals surface area contributed by atoms with Crippen LogP contribution in [0.15, 0.2) is 12.4 Å². The molecular formula is C14H22N6O4S. The summed E-state index contributed by atoms with van der Waals surface area (Å²) in [6.07, 6.45) is 3.03. The fourth-order valence-corrected chi connectivity index (χ4v) is 4.44. The van der Waals surface area contributed by atoms with E-state index in [1.165, 1.54) is 21.6 Å². The van der Waals surface area contributed by atoms with E-state index in [2.05, 4.69) is 15.3 Å². The third-order valence-corrected chi connectivity index (χ3v) is 6.40. The summed E-state index contributed by atoms with van der Waals surface area (Å²) >= 11 is 0. The van der Waals surface area contributed by atoms with Gasteiger partial charge in [-0.25, -0.2) is 23.2 Å². The molecule has 0 unspecified atom stereocenters. The zero-order chi connectivity index (χ0) is 18.0. The minimum atomic E-state index is -3.38. The first kappa shape index (κ1) is 17.8. The van der Waals surface area contributed by atoms with E-state index < -0.39 is 15.3 Å². The van der Waals surface area contributed by atoms with E-state index in [4.69, 9.17) is 4.74 Å². The lowest BCUT2D eigenvalue weighted by Gasteiger charge is -2.41. The van der Waals surface area contributed by atoms with Crippen LogP contribution >= 0.6 is 0 Å². The van der Waals surface area contributed by atoms with Crippen LogP contribution in [0.5, 0.6) is 0 Å². The lowest BCUT2D eigenvalue weighted by molar-refractivity contribution is 0.0713. The van der Waals surface area contributed by atoms with Crippen molar-refractivity contribution >= 4 is 27.7 Å². The molecule has 2 aliphatic rings. The summed E-state index contributed by atoms with van der Waals surface area (Å²) in [6, 6.07) is -0.352. The molecule has 0 radical (unpaired) electrons. The molecule has 0 aliphatic carbocycles. The van der Waals surface area contributed by atoms with Gasteiger partial charge in [0.05, 0.1) is 31.3 Å². The van der Waals surface area contributed by atoms with Crippen LogP contribution in [0.1, 0.15) is 0 Å². The number of hydrogen-bond donors (Lipinski definition) is 1. The third kappa shape index (κ3) is 3.83. The number of hydrogen-bond acceptors (Lipinski definition) is 7. The molecule has 0 spiro atoms. The summed E-state index contributed by atoms with van der Waals surface area (Å²) in [5.74, 6) is 0.540. The second-order valence-electron chi connectivity index (χ2n) is 6.18. The number of nitrogens with one attached hydrogen (secondary N) is 1. The highest BCUT2D eigenvalue weighted by atomic mass is 32.2. The molecule has 25 heavy (non-hydrogen) atoms. The van der Waals surface area contributed by atoms with E-state index in [1.807, 2.05) is 14.1 Å². The van der Waals surface area contributed by atoms with Gasteiger partial charge in [0, 0.05) is 40.3 Å². The SMILES string of the molecule is CN(C)c1ncc(NC(=O)N2CC(S(=O)(=O)N3CCOCC3)C2)cn1. The van der Waals surface area contributed by atoms with Crippen LogP contribution in [0.2, 0.25) is 0 Å². The van der Waals surface area contributed by atoms with Crippen LogP contribution in [0.3, 0.4) is 0 Å². The monoisotopic (exact) mass is 370 g/mol. The zero-order valence-corrected chi connectivity index (χ0v) is 15.1. The number of urea groups is 1. The van der Waals surface area contributed by atoms with Gasteiger partial charge in [0.15, 0.2) is 0 Å². The maximum atomic E-state index is 12.5. The maximum absolute atomic E-state index is 12.5. The molecule has 0 atom stereocenters. The van der Waals surface area contributed by atoms with Crippen molar-refractivity contribution in [1.82, 2.24) is 19.2 Å². The van der Waals surface area contributed by atoms with Gasteiger partial charge in [-0.15, -0.1) is 0 Å². The number of sulfonamides is 1. The van der Waals surface area contributed by atoms with Crippen LogP contribution < -0.4 is 10.2 Å². The first-order valence-corrected chi connectivity index (χ1v) is 9.50. The fourth-order valence-electron chi connectivity index (χ4n) is 2.62. The first-order valence-electron chi connectivity index (χ1n) is 8.00. The number of carbonyl (C=O) groups excluding carboxylic acids is 1. The maximum Gasteiger partial charge on any atom is 0.322 e. The van der Waals surface area contributed by atoms with Crippen molar-refractivity contribution in [2.75, 3.05) is 63.7 Å². The van der Waals surface area contributed by atoms with Gasteiger partial charge in [-0.3, -0.25) is 0 Å². The standard InChI is InChI=1S/C14H22N6O4S/c1-18(2)13-15-7-11(8-16-13)17-14(21)19-9-12(10-19)25(22,23)20-3-5-24-6-4-20/h7-8,12H,3-6,9-10H2,1-2H3,(H,17,21). The minimum absolute atomic E-state index is 0.183. The van der Waals surface area contributed by atoms with Crippen molar-refractivity contribution in [2.24, 2.45) is 0 Å². The second-order valence-corrected chi connectivity index (χ2v) is 8.39. The van der Waals surface area contributed by atoms with Crippen LogP contribution in [0.4, 0.5) is 16.4 Å². The summed E-state index contributed by atoms with van der Waals surface area (Å²) in [4.78, 5) is 23.6. The molecule has 1 N–H and O–H groups in total. The predicted molar refractivity (Wildman–Crippen MR) is 92.1 cm³/mol. The van der Waals surface area contributed by atoms with E-state index in [0.717, 1.165) is 0 Å². The molecule has 2 amide bonds. The highest BCUT2D eigenvalue weighted by Crippen LogP contribution is 2.22. The van der Waals surface area contributed by atoms with Crippen LogP contribution in [0, 0.1) is 0 Å². The van der Waals surface area contributed by atoms with E-state index in [0.29, 0.717) is 37.9 Å². The number of amides is 2. The Labute approximate surface area is 146 Å². The molecular weight excluding hydrogens is 348 g/mol. The summed E-state index contributed by atoms with van der Waals surface area (Å²) in [6.45, 7) is 1.95. The minimum Gasteiger partial charge on any atom is -0.379 e. The average Bonchev–Trinajstić information content (AvgIpc) is 2.54. The van der Waals surface area contributed by atoms with Crippen molar-refractivity contribution in [3.63, 3.8) is 0 Å². The van der Waals surface area contributed by atoms with Crippen molar-refractivity contribution < 1.29 is 17.9 Å².